The summed E-state index contributed by atoms with van der Waals surface area (Å²) in [5.74, 6) is -0.222. The van der Waals surface area contributed by atoms with Crippen molar-refractivity contribution in [2.75, 3.05) is 6.61 Å². The molecule has 0 N–H and O–H groups in total. The van der Waals surface area contributed by atoms with Gasteiger partial charge in [0.15, 0.2) is 6.61 Å². The second-order valence-corrected chi connectivity index (χ2v) is 9.29. The van der Waals surface area contributed by atoms with Gasteiger partial charge in [-0.15, -0.1) is 22.7 Å². The van der Waals surface area contributed by atoms with Crippen LogP contribution in [-0.4, -0.2) is 34.2 Å². The van der Waals surface area contributed by atoms with Crippen molar-refractivity contribution < 1.29 is 19.1 Å². The first-order chi connectivity index (χ1) is 16.7. The van der Waals surface area contributed by atoms with Gasteiger partial charge in [-0.3, -0.25) is 9.78 Å². The lowest BCUT2D eigenvalue weighted by Gasteiger charge is -2.20. The third-order valence-corrected chi connectivity index (χ3v) is 7.03. The van der Waals surface area contributed by atoms with E-state index in [4.69, 9.17) is 9.47 Å². The molecule has 9 heteroatoms. The molecule has 5 rings (SSSR count). The van der Waals surface area contributed by atoms with Crippen molar-refractivity contribution in [3.8, 4) is 11.5 Å². The summed E-state index contributed by atoms with van der Waals surface area (Å²) in [6.07, 6.45) is 3.79. The summed E-state index contributed by atoms with van der Waals surface area (Å²) in [6.45, 7) is -0.427. The second-order valence-electron chi connectivity index (χ2n) is 7.36. The van der Waals surface area contributed by atoms with Crippen LogP contribution in [0.2, 0.25) is 0 Å². The highest BCUT2D eigenvalue weighted by atomic mass is 32.1. The molecule has 7 nitrogen and oxygen atoms in total. The van der Waals surface area contributed by atoms with Gasteiger partial charge in [-0.2, -0.15) is 5.10 Å². The van der Waals surface area contributed by atoms with Crippen LogP contribution in [-0.2, 0) is 9.53 Å². The van der Waals surface area contributed by atoms with Gasteiger partial charge in [-0.25, -0.2) is 9.80 Å². The van der Waals surface area contributed by atoms with Crippen LogP contribution in [0, 0.1) is 0 Å². The van der Waals surface area contributed by atoms with E-state index in [1.807, 2.05) is 35.0 Å². The lowest BCUT2D eigenvalue weighted by molar-refractivity contribution is -0.136. The number of esters is 1. The van der Waals surface area contributed by atoms with Gasteiger partial charge in [0.2, 0.25) is 0 Å². The lowest BCUT2D eigenvalue weighted by Crippen LogP contribution is -2.31. The number of thiophene rings is 2. The number of hydrogen-bond acceptors (Lipinski definition) is 8. The Morgan fingerprint density at radius 3 is 2.62 bits per heavy atom. The van der Waals surface area contributed by atoms with E-state index in [-0.39, 0.29) is 17.5 Å². The van der Waals surface area contributed by atoms with Gasteiger partial charge in [-0.1, -0.05) is 24.3 Å². The molecular formula is C25H19N3O4S2. The molecule has 0 fully saturated rings. The highest BCUT2D eigenvalue weighted by molar-refractivity contribution is 7.12. The minimum Gasteiger partial charge on any atom is -0.455 e. The Bertz CT molecular complexity index is 1310. The molecule has 1 atom stereocenters. The van der Waals surface area contributed by atoms with E-state index in [2.05, 4.69) is 10.1 Å². The Balaban J connectivity index is 1.30. The zero-order valence-electron chi connectivity index (χ0n) is 17.9. The molecule has 0 saturated heterocycles. The van der Waals surface area contributed by atoms with Crippen molar-refractivity contribution in [2.45, 2.75) is 12.5 Å². The fraction of sp³-hybridized carbons (Fsp3) is 0.120. The number of aromatic nitrogens is 1. The normalized spacial score (nSPS) is 15.1. The van der Waals surface area contributed by atoms with Gasteiger partial charge in [0, 0.05) is 17.5 Å². The lowest BCUT2D eigenvalue weighted by atomic mass is 10.1. The summed E-state index contributed by atoms with van der Waals surface area (Å²) in [4.78, 5) is 32.0. The minimum absolute atomic E-state index is 0.218. The van der Waals surface area contributed by atoms with Crippen molar-refractivity contribution in [2.24, 2.45) is 5.10 Å². The quantitative estimate of drug-likeness (QED) is 0.319. The van der Waals surface area contributed by atoms with Gasteiger partial charge in [0.05, 0.1) is 22.8 Å². The second kappa shape index (κ2) is 9.98. The van der Waals surface area contributed by atoms with Crippen molar-refractivity contribution in [3.05, 3.63) is 99.1 Å². The van der Waals surface area contributed by atoms with Crippen LogP contribution in [0.4, 0.5) is 0 Å². The van der Waals surface area contributed by atoms with Gasteiger partial charge >= 0.3 is 5.97 Å². The zero-order chi connectivity index (χ0) is 23.3. The number of hydrogen-bond donors (Lipinski definition) is 0. The molecule has 0 spiro atoms. The Kier molecular flexibility index (Phi) is 6.46. The highest BCUT2D eigenvalue weighted by Crippen LogP contribution is 2.36. The van der Waals surface area contributed by atoms with Crippen molar-refractivity contribution in [1.29, 1.82) is 0 Å². The summed E-state index contributed by atoms with van der Waals surface area (Å²) in [7, 11) is 0. The molecule has 3 aromatic heterocycles. The van der Waals surface area contributed by atoms with Crippen molar-refractivity contribution in [3.63, 3.8) is 0 Å². The van der Waals surface area contributed by atoms with Crippen LogP contribution in [0.25, 0.3) is 0 Å². The smallest absolute Gasteiger partial charge is 0.342 e. The van der Waals surface area contributed by atoms with Crippen molar-refractivity contribution >= 4 is 40.3 Å². The van der Waals surface area contributed by atoms with E-state index in [1.165, 1.54) is 5.01 Å². The third-order valence-electron chi connectivity index (χ3n) is 5.14. The molecule has 1 aliphatic heterocycles. The third kappa shape index (κ3) is 4.75. The van der Waals surface area contributed by atoms with E-state index in [1.54, 1.807) is 71.5 Å². The van der Waals surface area contributed by atoms with E-state index in [0.29, 0.717) is 17.9 Å². The van der Waals surface area contributed by atoms with Crippen LogP contribution in [0.5, 0.6) is 11.5 Å². The maximum absolute atomic E-state index is 13.1. The summed E-state index contributed by atoms with van der Waals surface area (Å²) in [5.41, 5.74) is 1.07. The molecule has 4 heterocycles. The number of benzene rings is 1. The molecule has 0 radical (unpaired) electrons. The molecule has 1 aliphatic rings. The van der Waals surface area contributed by atoms with E-state index in [9.17, 15) is 9.59 Å². The number of pyridine rings is 1. The van der Waals surface area contributed by atoms with Crippen LogP contribution >= 0.6 is 22.7 Å². The number of rotatable bonds is 7. The molecule has 4 aromatic rings. The Morgan fingerprint density at radius 1 is 1.00 bits per heavy atom. The molecule has 0 aliphatic carbocycles. The molecular weight excluding hydrogens is 470 g/mol. The maximum atomic E-state index is 13.1. The van der Waals surface area contributed by atoms with Gasteiger partial charge < -0.3 is 9.47 Å². The average molecular weight is 490 g/mol. The predicted octanol–water partition coefficient (Wildman–Crippen LogP) is 5.53. The highest BCUT2D eigenvalue weighted by Gasteiger charge is 2.34. The molecule has 170 valence electrons. The first-order valence-corrected chi connectivity index (χ1v) is 12.3. The Hall–Kier alpha value is -3.82. The number of nitrogens with zero attached hydrogens (tertiary/aromatic N) is 3. The van der Waals surface area contributed by atoms with Gasteiger partial charge in [-0.05, 0) is 47.2 Å². The van der Waals surface area contributed by atoms with E-state index >= 15 is 0 Å². The Morgan fingerprint density at radius 2 is 1.85 bits per heavy atom. The van der Waals surface area contributed by atoms with Crippen LogP contribution in [0.3, 0.4) is 0 Å². The standard InChI is InChI=1S/C25H19N3O4S2/c29-24(28-20(23-10-5-13-34-23)14-19(27-28)22-9-4-12-33-22)16-31-25(30)18-7-1-2-8-21(18)32-17-6-3-11-26-15-17/h1-13,15,20H,14,16H2/t20-/m0/s1. The topological polar surface area (TPSA) is 81.1 Å². The van der Waals surface area contributed by atoms with Crippen LogP contribution < -0.4 is 4.74 Å². The number of carbonyl (C=O) groups is 2. The average Bonchev–Trinajstić information content (AvgIpc) is 3.64. The summed E-state index contributed by atoms with van der Waals surface area (Å²) < 4.78 is 11.2. The molecule has 1 amide bonds. The molecule has 0 bridgehead atoms. The van der Waals surface area contributed by atoms with E-state index < -0.39 is 12.6 Å². The van der Waals surface area contributed by atoms with Crippen molar-refractivity contribution in [1.82, 2.24) is 9.99 Å². The number of ether oxygens (including phenoxy) is 2. The first-order valence-electron chi connectivity index (χ1n) is 10.5. The predicted molar refractivity (Wildman–Crippen MR) is 130 cm³/mol. The number of hydrazone groups is 1. The summed E-state index contributed by atoms with van der Waals surface area (Å²) in [6, 6.07) is 17.9. The van der Waals surface area contributed by atoms with Crippen LogP contribution in [0.1, 0.15) is 32.6 Å². The maximum Gasteiger partial charge on any atom is 0.342 e. The minimum atomic E-state index is -0.651. The van der Waals surface area contributed by atoms with Gasteiger partial charge in [0.1, 0.15) is 17.1 Å². The monoisotopic (exact) mass is 489 g/mol. The zero-order valence-corrected chi connectivity index (χ0v) is 19.5. The fourth-order valence-corrected chi connectivity index (χ4v) is 5.10. The summed E-state index contributed by atoms with van der Waals surface area (Å²) in [5, 5.41) is 9.98. The molecule has 1 aromatic carbocycles. The number of amides is 1. The first kappa shape index (κ1) is 22.0. The number of carbonyl (C=O) groups excluding carboxylic acids is 2. The Labute approximate surface area is 203 Å². The molecule has 34 heavy (non-hydrogen) atoms. The molecule has 0 unspecified atom stereocenters. The SMILES string of the molecule is O=C(OCC(=O)N1N=C(c2cccs2)C[C@H]1c1cccs1)c1ccccc1Oc1cccnc1. The number of para-hydroxylation sites is 1. The summed E-state index contributed by atoms with van der Waals surface area (Å²) >= 11 is 3.15. The van der Waals surface area contributed by atoms with Crippen LogP contribution in [0.15, 0.2) is 88.9 Å². The molecule has 0 saturated carbocycles. The van der Waals surface area contributed by atoms with Gasteiger partial charge in [0.25, 0.3) is 5.91 Å². The largest absolute Gasteiger partial charge is 0.455 e. The fourth-order valence-electron chi connectivity index (χ4n) is 3.56. The van der Waals surface area contributed by atoms with E-state index in [0.717, 1.165) is 15.5 Å².